The van der Waals surface area contributed by atoms with Gasteiger partial charge in [-0.25, -0.2) is 9.18 Å². The van der Waals surface area contributed by atoms with Crippen LogP contribution in [0.2, 0.25) is 0 Å². The molecule has 10 heteroatoms. The number of hydrogen-bond acceptors (Lipinski definition) is 5. The number of anilines is 2. The fraction of sp³-hybridized carbons (Fsp3) is 0.250. The van der Waals surface area contributed by atoms with Crippen molar-refractivity contribution in [2.75, 3.05) is 36.4 Å². The molecule has 1 aromatic carbocycles. The molecule has 2 heterocycles. The number of benzene rings is 1. The minimum atomic E-state index is -0.960. The maximum atomic E-state index is 13.0. The minimum Gasteiger partial charge on any atom is -0.368 e. The van der Waals surface area contributed by atoms with E-state index in [1.54, 1.807) is 12.1 Å². The van der Waals surface area contributed by atoms with E-state index in [0.717, 1.165) is 11.9 Å². The number of aromatic amines is 2. The maximum Gasteiger partial charge on any atom is 0.325 e. The standard InChI is InChI=1S/C16H16FN5O4/c17-10-1-3-11(4-2-10)21-5-7-22(8-6-21)15(25)14(24)19-12-9-18-16(26)20-13(12)23/h1-4,9H,5-8H2,(H,19,24)(H2,18,20,23,26). The molecule has 0 spiro atoms. The molecule has 0 atom stereocenters. The summed E-state index contributed by atoms with van der Waals surface area (Å²) in [6.45, 7) is 1.60. The lowest BCUT2D eigenvalue weighted by Crippen LogP contribution is -2.51. The van der Waals surface area contributed by atoms with Crippen LogP contribution in [0.5, 0.6) is 0 Å². The summed E-state index contributed by atoms with van der Waals surface area (Å²) in [6, 6.07) is 6.04. The third-order valence-electron chi connectivity index (χ3n) is 4.02. The van der Waals surface area contributed by atoms with Crippen LogP contribution in [0.3, 0.4) is 0 Å². The van der Waals surface area contributed by atoms with Crippen LogP contribution in [0.1, 0.15) is 0 Å². The van der Waals surface area contributed by atoms with E-state index in [2.05, 4.69) is 10.3 Å². The van der Waals surface area contributed by atoms with Crippen molar-refractivity contribution in [3.05, 3.63) is 57.1 Å². The Balaban J connectivity index is 1.59. The highest BCUT2D eigenvalue weighted by Crippen LogP contribution is 2.17. The molecule has 1 aliphatic heterocycles. The molecule has 0 unspecified atom stereocenters. The van der Waals surface area contributed by atoms with Crippen molar-refractivity contribution in [1.82, 2.24) is 14.9 Å². The maximum absolute atomic E-state index is 13.0. The van der Waals surface area contributed by atoms with Crippen LogP contribution in [-0.4, -0.2) is 52.9 Å². The van der Waals surface area contributed by atoms with E-state index >= 15 is 0 Å². The number of carbonyl (C=O) groups is 2. The zero-order chi connectivity index (χ0) is 18.7. The van der Waals surface area contributed by atoms with Crippen LogP contribution < -0.4 is 21.5 Å². The Bertz CT molecular complexity index is 929. The topological polar surface area (TPSA) is 118 Å². The van der Waals surface area contributed by atoms with Crippen molar-refractivity contribution >= 4 is 23.2 Å². The van der Waals surface area contributed by atoms with Gasteiger partial charge in [-0.15, -0.1) is 0 Å². The molecule has 0 bridgehead atoms. The summed E-state index contributed by atoms with van der Waals surface area (Å²) in [5, 5.41) is 2.18. The van der Waals surface area contributed by atoms with E-state index in [1.165, 1.54) is 17.0 Å². The SMILES string of the molecule is O=C(Nc1c[nH]c(=O)[nH]c1=O)C(=O)N1CCN(c2ccc(F)cc2)CC1. The van der Waals surface area contributed by atoms with Crippen LogP contribution in [0.4, 0.5) is 15.8 Å². The first-order chi connectivity index (χ1) is 12.4. The Labute approximate surface area is 146 Å². The first-order valence-electron chi connectivity index (χ1n) is 7.87. The molecular formula is C16H16FN5O4. The van der Waals surface area contributed by atoms with Gasteiger partial charge >= 0.3 is 17.5 Å². The smallest absolute Gasteiger partial charge is 0.325 e. The summed E-state index contributed by atoms with van der Waals surface area (Å²) < 4.78 is 13.0. The molecule has 2 aromatic rings. The van der Waals surface area contributed by atoms with E-state index in [0.29, 0.717) is 26.2 Å². The number of carbonyl (C=O) groups excluding carboxylic acids is 2. The van der Waals surface area contributed by atoms with E-state index in [4.69, 9.17) is 0 Å². The molecule has 1 saturated heterocycles. The molecule has 9 nitrogen and oxygen atoms in total. The number of piperazine rings is 1. The normalized spacial score (nSPS) is 14.2. The lowest BCUT2D eigenvalue weighted by atomic mass is 10.2. The number of H-pyrrole nitrogens is 2. The van der Waals surface area contributed by atoms with Gasteiger partial charge in [-0.2, -0.15) is 0 Å². The largest absolute Gasteiger partial charge is 0.368 e. The van der Waals surface area contributed by atoms with E-state index in [-0.39, 0.29) is 11.5 Å². The van der Waals surface area contributed by atoms with E-state index in [1.807, 2.05) is 9.88 Å². The number of rotatable bonds is 2. The van der Waals surface area contributed by atoms with Gasteiger partial charge in [0.15, 0.2) is 0 Å². The molecule has 136 valence electrons. The summed E-state index contributed by atoms with van der Waals surface area (Å²) >= 11 is 0. The lowest BCUT2D eigenvalue weighted by molar-refractivity contribution is -0.143. The second-order valence-corrected chi connectivity index (χ2v) is 5.70. The number of amides is 2. The van der Waals surface area contributed by atoms with Gasteiger partial charge in [0.2, 0.25) is 0 Å². The highest BCUT2D eigenvalue weighted by Gasteiger charge is 2.26. The number of aromatic nitrogens is 2. The molecule has 0 aliphatic carbocycles. The Kier molecular flexibility index (Phi) is 4.83. The number of hydrogen-bond donors (Lipinski definition) is 3. The first-order valence-corrected chi connectivity index (χ1v) is 7.87. The zero-order valence-corrected chi connectivity index (χ0v) is 13.6. The minimum absolute atomic E-state index is 0.215. The van der Waals surface area contributed by atoms with Crippen molar-refractivity contribution in [2.45, 2.75) is 0 Å². The lowest BCUT2D eigenvalue weighted by Gasteiger charge is -2.35. The Morgan fingerprint density at radius 3 is 2.31 bits per heavy atom. The quantitative estimate of drug-likeness (QED) is 0.623. The molecule has 3 N–H and O–H groups in total. The Morgan fingerprint density at radius 2 is 1.69 bits per heavy atom. The van der Waals surface area contributed by atoms with Gasteiger partial charge < -0.3 is 20.1 Å². The van der Waals surface area contributed by atoms with Crippen LogP contribution in [0.25, 0.3) is 0 Å². The second-order valence-electron chi connectivity index (χ2n) is 5.70. The predicted molar refractivity (Wildman–Crippen MR) is 91.5 cm³/mol. The van der Waals surface area contributed by atoms with Crippen molar-refractivity contribution in [1.29, 1.82) is 0 Å². The average molecular weight is 361 g/mol. The van der Waals surface area contributed by atoms with Crippen molar-refractivity contribution < 1.29 is 14.0 Å². The molecule has 1 fully saturated rings. The van der Waals surface area contributed by atoms with Crippen LogP contribution in [0.15, 0.2) is 40.1 Å². The fourth-order valence-corrected chi connectivity index (χ4v) is 2.64. The summed E-state index contributed by atoms with van der Waals surface area (Å²) in [5.41, 5.74) is -0.886. The van der Waals surface area contributed by atoms with Gasteiger partial charge in [-0.3, -0.25) is 19.4 Å². The highest BCUT2D eigenvalue weighted by molar-refractivity contribution is 6.39. The van der Waals surface area contributed by atoms with Crippen molar-refractivity contribution in [2.24, 2.45) is 0 Å². The van der Waals surface area contributed by atoms with Crippen LogP contribution in [0, 0.1) is 5.82 Å². The third-order valence-corrected chi connectivity index (χ3v) is 4.02. The van der Waals surface area contributed by atoms with Crippen molar-refractivity contribution in [3.8, 4) is 0 Å². The van der Waals surface area contributed by atoms with Gasteiger partial charge in [0.1, 0.15) is 11.5 Å². The van der Waals surface area contributed by atoms with Gasteiger partial charge in [-0.05, 0) is 24.3 Å². The number of nitrogens with zero attached hydrogens (tertiary/aromatic N) is 2. The average Bonchev–Trinajstić information content (AvgIpc) is 2.64. The zero-order valence-electron chi connectivity index (χ0n) is 13.6. The second kappa shape index (κ2) is 7.21. The summed E-state index contributed by atoms with van der Waals surface area (Å²) in [5.74, 6) is -2.05. The summed E-state index contributed by atoms with van der Waals surface area (Å²) in [6.07, 6.45) is 1.03. The molecule has 0 saturated carbocycles. The number of nitrogens with one attached hydrogen (secondary N) is 3. The summed E-state index contributed by atoms with van der Waals surface area (Å²) in [7, 11) is 0. The Morgan fingerprint density at radius 1 is 1.04 bits per heavy atom. The molecule has 2 amide bonds. The molecule has 26 heavy (non-hydrogen) atoms. The van der Waals surface area contributed by atoms with E-state index in [9.17, 15) is 23.6 Å². The fourth-order valence-electron chi connectivity index (χ4n) is 2.64. The molecule has 0 radical (unpaired) electrons. The molecule has 3 rings (SSSR count). The molecule has 1 aromatic heterocycles. The van der Waals surface area contributed by atoms with Gasteiger partial charge in [0, 0.05) is 38.1 Å². The molecule has 1 aliphatic rings. The van der Waals surface area contributed by atoms with E-state index < -0.39 is 23.1 Å². The Hall–Kier alpha value is -3.43. The van der Waals surface area contributed by atoms with Crippen LogP contribution >= 0.6 is 0 Å². The van der Waals surface area contributed by atoms with Crippen molar-refractivity contribution in [3.63, 3.8) is 0 Å². The van der Waals surface area contributed by atoms with Gasteiger partial charge in [-0.1, -0.05) is 0 Å². The highest BCUT2D eigenvalue weighted by atomic mass is 19.1. The summed E-state index contributed by atoms with van der Waals surface area (Å²) in [4.78, 5) is 54.3. The van der Waals surface area contributed by atoms with Gasteiger partial charge in [0.25, 0.3) is 5.56 Å². The molecular weight excluding hydrogens is 345 g/mol. The van der Waals surface area contributed by atoms with Gasteiger partial charge in [0.05, 0.1) is 0 Å². The van der Waals surface area contributed by atoms with Crippen LogP contribution in [-0.2, 0) is 9.59 Å². The predicted octanol–water partition coefficient (Wildman–Crippen LogP) is -0.510. The monoisotopic (exact) mass is 361 g/mol. The third kappa shape index (κ3) is 3.79. The number of halogens is 1. The first kappa shape index (κ1) is 17.4.